The third kappa shape index (κ3) is 3.14. The normalized spacial score (nSPS) is 19.4. The van der Waals surface area contributed by atoms with E-state index in [2.05, 4.69) is 10.6 Å². The van der Waals surface area contributed by atoms with Crippen molar-refractivity contribution in [1.29, 1.82) is 0 Å². The Bertz CT molecular complexity index is 592. The van der Waals surface area contributed by atoms with E-state index < -0.39 is 0 Å². The Balaban J connectivity index is 1.64. The maximum atomic E-state index is 12.4. The summed E-state index contributed by atoms with van der Waals surface area (Å²) >= 11 is 0. The van der Waals surface area contributed by atoms with Crippen LogP contribution in [0.3, 0.4) is 0 Å². The van der Waals surface area contributed by atoms with Crippen LogP contribution in [0.1, 0.15) is 44.1 Å². The van der Waals surface area contributed by atoms with E-state index >= 15 is 0 Å². The molecule has 0 saturated heterocycles. The number of amides is 2. The molecule has 0 atom stereocenters. The van der Waals surface area contributed by atoms with E-state index in [4.69, 9.17) is 5.73 Å². The fourth-order valence-corrected chi connectivity index (χ4v) is 3.61. The van der Waals surface area contributed by atoms with Crippen LogP contribution in [0.5, 0.6) is 0 Å². The van der Waals surface area contributed by atoms with E-state index in [-0.39, 0.29) is 17.2 Å². The van der Waals surface area contributed by atoms with Gasteiger partial charge in [-0.05, 0) is 48.6 Å². The molecule has 4 N–H and O–H groups in total. The van der Waals surface area contributed by atoms with Gasteiger partial charge in [0.2, 0.25) is 11.8 Å². The fraction of sp³-hybridized carbons (Fsp3) is 0.529. The molecule has 2 aliphatic rings. The maximum Gasteiger partial charge on any atom is 0.228 e. The van der Waals surface area contributed by atoms with Crippen LogP contribution in [0.4, 0.5) is 11.4 Å². The second-order valence-corrected chi connectivity index (χ2v) is 6.59. The molecule has 5 heteroatoms. The van der Waals surface area contributed by atoms with Gasteiger partial charge in [-0.15, -0.1) is 0 Å². The first kappa shape index (κ1) is 15.0. The highest BCUT2D eigenvalue weighted by atomic mass is 16.2. The Morgan fingerprint density at radius 2 is 2.05 bits per heavy atom. The fourth-order valence-electron chi connectivity index (χ4n) is 3.61. The number of rotatable bonds is 4. The average Bonchev–Trinajstić information content (AvgIpc) is 2.87. The molecule has 5 nitrogen and oxygen atoms in total. The van der Waals surface area contributed by atoms with E-state index in [0.717, 1.165) is 42.6 Å². The van der Waals surface area contributed by atoms with Crippen LogP contribution in [0.2, 0.25) is 0 Å². The van der Waals surface area contributed by atoms with Crippen molar-refractivity contribution in [3.05, 3.63) is 23.8 Å². The standard InChI is InChI=1S/C17H23N3O2/c18-11-17(6-2-1-3-7-17)10-16(22)19-13-4-5-14-12(8-13)9-15(21)20-14/h4-5,8H,1-3,6-7,9-11,18H2,(H,19,22)(H,20,21). The second kappa shape index (κ2) is 6.08. The van der Waals surface area contributed by atoms with Crippen molar-refractivity contribution in [3.63, 3.8) is 0 Å². The summed E-state index contributed by atoms with van der Waals surface area (Å²) in [6.45, 7) is 0.572. The van der Waals surface area contributed by atoms with Crippen molar-refractivity contribution in [2.45, 2.75) is 44.9 Å². The van der Waals surface area contributed by atoms with Gasteiger partial charge in [-0.25, -0.2) is 0 Å². The molecule has 1 aliphatic carbocycles. The van der Waals surface area contributed by atoms with Crippen LogP contribution >= 0.6 is 0 Å². The molecule has 1 heterocycles. The van der Waals surface area contributed by atoms with Gasteiger partial charge in [0.15, 0.2) is 0 Å². The summed E-state index contributed by atoms with van der Waals surface area (Å²) in [6, 6.07) is 5.55. The highest BCUT2D eigenvalue weighted by molar-refractivity contribution is 6.00. The highest BCUT2D eigenvalue weighted by Crippen LogP contribution is 2.38. The Kier molecular flexibility index (Phi) is 4.16. The summed E-state index contributed by atoms with van der Waals surface area (Å²) in [5.74, 6) is 0.0207. The molecule has 1 aliphatic heterocycles. The zero-order chi connectivity index (χ0) is 15.6. The highest BCUT2D eigenvalue weighted by Gasteiger charge is 2.33. The molecule has 0 aromatic heterocycles. The van der Waals surface area contributed by atoms with E-state index in [0.29, 0.717) is 19.4 Å². The molecule has 0 bridgehead atoms. The summed E-state index contributed by atoms with van der Waals surface area (Å²) in [7, 11) is 0. The topological polar surface area (TPSA) is 84.2 Å². The van der Waals surface area contributed by atoms with E-state index in [1.54, 1.807) is 0 Å². The molecule has 1 aromatic carbocycles. The van der Waals surface area contributed by atoms with Crippen LogP contribution < -0.4 is 16.4 Å². The lowest BCUT2D eigenvalue weighted by atomic mass is 9.71. The Hall–Kier alpha value is -1.88. The van der Waals surface area contributed by atoms with Gasteiger partial charge in [-0.3, -0.25) is 9.59 Å². The van der Waals surface area contributed by atoms with Crippen molar-refractivity contribution in [1.82, 2.24) is 0 Å². The zero-order valence-electron chi connectivity index (χ0n) is 12.8. The maximum absolute atomic E-state index is 12.4. The Morgan fingerprint density at radius 1 is 1.27 bits per heavy atom. The molecule has 1 aromatic rings. The van der Waals surface area contributed by atoms with Crippen LogP contribution in [-0.2, 0) is 16.0 Å². The number of nitrogens with one attached hydrogen (secondary N) is 2. The number of carbonyl (C=O) groups is 2. The molecule has 1 saturated carbocycles. The average molecular weight is 301 g/mol. The minimum Gasteiger partial charge on any atom is -0.330 e. The van der Waals surface area contributed by atoms with Gasteiger partial charge < -0.3 is 16.4 Å². The molecule has 1 fully saturated rings. The van der Waals surface area contributed by atoms with Crippen LogP contribution in [0.25, 0.3) is 0 Å². The number of hydrogen-bond acceptors (Lipinski definition) is 3. The summed E-state index contributed by atoms with van der Waals surface area (Å²) in [5.41, 5.74) is 8.45. The van der Waals surface area contributed by atoms with E-state index in [9.17, 15) is 9.59 Å². The Morgan fingerprint density at radius 3 is 2.77 bits per heavy atom. The molecular weight excluding hydrogens is 278 g/mol. The predicted octanol–water partition coefficient (Wildman–Crippen LogP) is 2.42. The third-order valence-electron chi connectivity index (χ3n) is 4.90. The monoisotopic (exact) mass is 301 g/mol. The molecule has 3 rings (SSSR count). The molecule has 0 unspecified atom stereocenters. The minimum absolute atomic E-state index is 0.00256. The van der Waals surface area contributed by atoms with E-state index in [1.165, 1.54) is 6.42 Å². The number of fused-ring (bicyclic) bond motifs is 1. The first-order valence-corrected chi connectivity index (χ1v) is 8.03. The molecule has 2 amide bonds. The molecule has 22 heavy (non-hydrogen) atoms. The van der Waals surface area contributed by atoms with Crippen molar-refractivity contribution in [2.24, 2.45) is 11.1 Å². The van der Waals surface area contributed by atoms with Crippen molar-refractivity contribution < 1.29 is 9.59 Å². The smallest absolute Gasteiger partial charge is 0.228 e. The summed E-state index contributed by atoms with van der Waals surface area (Å²) in [4.78, 5) is 23.7. The summed E-state index contributed by atoms with van der Waals surface area (Å²) < 4.78 is 0. The van der Waals surface area contributed by atoms with Gasteiger partial charge in [0.1, 0.15) is 0 Å². The number of benzene rings is 1. The zero-order valence-corrected chi connectivity index (χ0v) is 12.8. The number of carbonyl (C=O) groups excluding carboxylic acids is 2. The van der Waals surface area contributed by atoms with Crippen molar-refractivity contribution in [3.8, 4) is 0 Å². The molecular formula is C17H23N3O2. The first-order valence-electron chi connectivity index (χ1n) is 8.03. The third-order valence-corrected chi connectivity index (χ3v) is 4.90. The van der Waals surface area contributed by atoms with Gasteiger partial charge in [0.25, 0.3) is 0 Å². The van der Waals surface area contributed by atoms with Crippen LogP contribution in [0, 0.1) is 5.41 Å². The molecule has 0 radical (unpaired) electrons. The Labute approximate surface area is 130 Å². The number of nitrogens with two attached hydrogens (primary N) is 1. The SMILES string of the molecule is NCC1(CC(=O)Nc2ccc3c(c2)CC(=O)N3)CCCCC1. The second-order valence-electron chi connectivity index (χ2n) is 6.59. The van der Waals surface area contributed by atoms with Gasteiger partial charge in [-0.1, -0.05) is 19.3 Å². The molecule has 0 spiro atoms. The lowest BCUT2D eigenvalue weighted by molar-refractivity contribution is -0.119. The van der Waals surface area contributed by atoms with E-state index in [1.807, 2.05) is 18.2 Å². The largest absolute Gasteiger partial charge is 0.330 e. The van der Waals surface area contributed by atoms with Gasteiger partial charge in [-0.2, -0.15) is 0 Å². The predicted molar refractivity (Wildman–Crippen MR) is 86.6 cm³/mol. The summed E-state index contributed by atoms with van der Waals surface area (Å²) in [5, 5.41) is 5.75. The molecule has 118 valence electrons. The van der Waals surface area contributed by atoms with Gasteiger partial charge in [0.05, 0.1) is 6.42 Å². The van der Waals surface area contributed by atoms with Gasteiger partial charge in [0, 0.05) is 17.8 Å². The van der Waals surface area contributed by atoms with Crippen LogP contribution in [-0.4, -0.2) is 18.4 Å². The lowest BCUT2D eigenvalue weighted by Gasteiger charge is -2.35. The first-order chi connectivity index (χ1) is 10.6. The van der Waals surface area contributed by atoms with Gasteiger partial charge >= 0.3 is 0 Å². The minimum atomic E-state index is -0.0312. The quantitative estimate of drug-likeness (QED) is 0.798. The number of hydrogen-bond donors (Lipinski definition) is 3. The van der Waals surface area contributed by atoms with Crippen molar-refractivity contribution in [2.75, 3.05) is 17.2 Å². The van der Waals surface area contributed by atoms with Crippen molar-refractivity contribution >= 4 is 23.2 Å². The summed E-state index contributed by atoms with van der Waals surface area (Å²) in [6.07, 6.45) is 6.52. The lowest BCUT2D eigenvalue weighted by Crippen LogP contribution is -2.36. The number of anilines is 2. The van der Waals surface area contributed by atoms with Crippen LogP contribution in [0.15, 0.2) is 18.2 Å².